The highest BCUT2D eigenvalue weighted by molar-refractivity contribution is 9.10. The second-order valence-corrected chi connectivity index (χ2v) is 6.16. The van der Waals surface area contributed by atoms with Crippen molar-refractivity contribution in [2.45, 2.75) is 6.54 Å². The maximum absolute atomic E-state index is 10.9. The summed E-state index contributed by atoms with van der Waals surface area (Å²) >= 11 is 3.50. The molecule has 0 amide bonds. The van der Waals surface area contributed by atoms with Gasteiger partial charge in [-0.3, -0.25) is 4.21 Å². The third kappa shape index (κ3) is 3.43. The molecule has 0 radical (unpaired) electrons. The fourth-order valence-electron chi connectivity index (χ4n) is 1.53. The SMILES string of the molecule is CS(=O)CCNCc1cc2c(cc1Br)OCO2. The molecule has 0 saturated carbocycles. The van der Waals surface area contributed by atoms with Crippen molar-refractivity contribution in [3.63, 3.8) is 0 Å². The molecule has 0 aromatic heterocycles. The maximum atomic E-state index is 10.9. The molecule has 17 heavy (non-hydrogen) atoms. The average Bonchev–Trinajstić information content (AvgIpc) is 2.71. The lowest BCUT2D eigenvalue weighted by Gasteiger charge is -2.07. The molecule has 1 aromatic rings. The van der Waals surface area contributed by atoms with Crippen molar-refractivity contribution < 1.29 is 13.7 Å². The van der Waals surface area contributed by atoms with E-state index in [1.54, 1.807) is 6.26 Å². The Bertz CT molecular complexity index is 439. The van der Waals surface area contributed by atoms with Crippen LogP contribution >= 0.6 is 15.9 Å². The Morgan fingerprint density at radius 2 is 2.12 bits per heavy atom. The largest absolute Gasteiger partial charge is 0.454 e. The molecule has 4 nitrogen and oxygen atoms in total. The van der Waals surface area contributed by atoms with E-state index in [1.165, 1.54) is 0 Å². The fraction of sp³-hybridized carbons (Fsp3) is 0.455. The first kappa shape index (κ1) is 12.9. The summed E-state index contributed by atoms with van der Waals surface area (Å²) in [6.07, 6.45) is 1.71. The molecule has 94 valence electrons. The summed E-state index contributed by atoms with van der Waals surface area (Å²) in [5.41, 5.74) is 1.11. The van der Waals surface area contributed by atoms with Crippen LogP contribution in [0.2, 0.25) is 0 Å². The van der Waals surface area contributed by atoms with Crippen molar-refractivity contribution in [1.82, 2.24) is 5.32 Å². The first-order valence-corrected chi connectivity index (χ1v) is 7.77. The van der Waals surface area contributed by atoms with Gasteiger partial charge in [-0.2, -0.15) is 0 Å². The standard InChI is InChI=1S/C11H14BrNO3S/c1-17(14)3-2-13-6-8-4-10-11(5-9(8)12)16-7-15-10/h4-5,13H,2-3,6-7H2,1H3. The van der Waals surface area contributed by atoms with Crippen molar-refractivity contribution in [3.8, 4) is 11.5 Å². The minimum absolute atomic E-state index is 0.285. The van der Waals surface area contributed by atoms with Crippen LogP contribution in [-0.2, 0) is 17.3 Å². The number of nitrogens with one attached hydrogen (secondary N) is 1. The maximum Gasteiger partial charge on any atom is 0.231 e. The summed E-state index contributed by atoms with van der Waals surface area (Å²) in [7, 11) is -0.747. The van der Waals surface area contributed by atoms with E-state index < -0.39 is 10.8 Å². The van der Waals surface area contributed by atoms with Crippen molar-refractivity contribution in [2.75, 3.05) is 25.3 Å². The highest BCUT2D eigenvalue weighted by Crippen LogP contribution is 2.36. The van der Waals surface area contributed by atoms with E-state index in [4.69, 9.17) is 9.47 Å². The molecule has 0 aliphatic carbocycles. The average molecular weight is 320 g/mol. The van der Waals surface area contributed by atoms with Crippen molar-refractivity contribution in [3.05, 3.63) is 22.2 Å². The van der Waals surface area contributed by atoms with Gasteiger partial charge in [-0.25, -0.2) is 0 Å². The third-order valence-corrected chi connectivity index (χ3v) is 3.94. The molecule has 6 heteroatoms. The number of hydrogen-bond acceptors (Lipinski definition) is 4. The lowest BCUT2D eigenvalue weighted by molar-refractivity contribution is 0.174. The van der Waals surface area contributed by atoms with E-state index in [1.807, 2.05) is 12.1 Å². The second-order valence-electron chi connectivity index (χ2n) is 3.75. The summed E-state index contributed by atoms with van der Waals surface area (Å²) in [5.74, 6) is 2.22. The van der Waals surface area contributed by atoms with Crippen molar-refractivity contribution in [1.29, 1.82) is 0 Å². The minimum atomic E-state index is -0.747. The molecule has 0 bridgehead atoms. The molecular formula is C11H14BrNO3S. The smallest absolute Gasteiger partial charge is 0.231 e. The van der Waals surface area contributed by atoms with E-state index in [2.05, 4.69) is 21.2 Å². The zero-order valence-corrected chi connectivity index (χ0v) is 11.9. The zero-order chi connectivity index (χ0) is 12.3. The molecule has 1 aliphatic heterocycles. The van der Waals surface area contributed by atoms with Crippen LogP contribution in [0.15, 0.2) is 16.6 Å². The van der Waals surface area contributed by atoms with Gasteiger partial charge in [0.25, 0.3) is 0 Å². The summed E-state index contributed by atoms with van der Waals surface area (Å²) in [6, 6.07) is 3.87. The van der Waals surface area contributed by atoms with Crippen LogP contribution in [0, 0.1) is 0 Å². The Hall–Kier alpha value is -0.590. The van der Waals surface area contributed by atoms with Gasteiger partial charge in [-0.05, 0) is 17.7 Å². The number of halogens is 1. The van der Waals surface area contributed by atoms with Crippen LogP contribution in [0.5, 0.6) is 11.5 Å². The fourth-order valence-corrected chi connectivity index (χ4v) is 2.43. The summed E-state index contributed by atoms with van der Waals surface area (Å²) < 4.78 is 22.5. The van der Waals surface area contributed by atoms with Gasteiger partial charge in [0.15, 0.2) is 11.5 Å². The Morgan fingerprint density at radius 3 is 2.82 bits per heavy atom. The monoisotopic (exact) mass is 319 g/mol. The number of fused-ring (bicyclic) bond motifs is 1. The molecule has 2 rings (SSSR count). The highest BCUT2D eigenvalue weighted by Gasteiger charge is 2.15. The quantitative estimate of drug-likeness (QED) is 0.838. The molecule has 1 heterocycles. The van der Waals surface area contributed by atoms with Crippen molar-refractivity contribution >= 4 is 26.7 Å². The molecule has 0 spiro atoms. The van der Waals surface area contributed by atoms with Crippen LogP contribution in [0.3, 0.4) is 0 Å². The lowest BCUT2D eigenvalue weighted by atomic mass is 10.2. The Kier molecular flexibility index (Phi) is 4.42. The number of ether oxygens (including phenoxy) is 2. The highest BCUT2D eigenvalue weighted by atomic mass is 79.9. The first-order chi connectivity index (χ1) is 8.16. The molecule has 1 aromatic carbocycles. The minimum Gasteiger partial charge on any atom is -0.454 e. The van der Waals surface area contributed by atoms with Gasteiger partial charge < -0.3 is 14.8 Å². The predicted molar refractivity (Wildman–Crippen MR) is 70.9 cm³/mol. The number of rotatable bonds is 5. The molecule has 0 fully saturated rings. The van der Waals surface area contributed by atoms with E-state index >= 15 is 0 Å². The van der Waals surface area contributed by atoms with Crippen LogP contribution < -0.4 is 14.8 Å². The number of hydrogen-bond donors (Lipinski definition) is 1. The Morgan fingerprint density at radius 1 is 1.41 bits per heavy atom. The summed E-state index contributed by atoms with van der Waals surface area (Å²) in [5, 5.41) is 3.25. The molecule has 1 aliphatic rings. The molecule has 1 atom stereocenters. The van der Waals surface area contributed by atoms with Gasteiger partial charge in [-0.15, -0.1) is 0 Å². The zero-order valence-electron chi connectivity index (χ0n) is 9.49. The number of benzene rings is 1. The topological polar surface area (TPSA) is 47.6 Å². The Balaban J connectivity index is 1.94. The van der Waals surface area contributed by atoms with Gasteiger partial charge in [0.05, 0.1) is 0 Å². The van der Waals surface area contributed by atoms with Crippen LogP contribution in [0.4, 0.5) is 0 Å². The van der Waals surface area contributed by atoms with Crippen LogP contribution in [0.25, 0.3) is 0 Å². The normalized spacial score (nSPS) is 14.9. The first-order valence-electron chi connectivity index (χ1n) is 5.25. The van der Waals surface area contributed by atoms with Crippen LogP contribution in [0.1, 0.15) is 5.56 Å². The van der Waals surface area contributed by atoms with E-state index in [0.717, 1.165) is 28.1 Å². The van der Waals surface area contributed by atoms with Gasteiger partial charge >= 0.3 is 0 Å². The third-order valence-electron chi connectivity index (χ3n) is 2.42. The van der Waals surface area contributed by atoms with Gasteiger partial charge in [0, 0.05) is 40.4 Å². The Labute approximate surface area is 111 Å². The van der Waals surface area contributed by atoms with Gasteiger partial charge in [0.2, 0.25) is 6.79 Å². The molecule has 1 N–H and O–H groups in total. The molecule has 1 unspecified atom stereocenters. The van der Waals surface area contributed by atoms with Gasteiger partial charge in [-0.1, -0.05) is 15.9 Å². The van der Waals surface area contributed by atoms with Crippen LogP contribution in [-0.4, -0.2) is 29.6 Å². The van der Waals surface area contributed by atoms with Crippen molar-refractivity contribution in [2.24, 2.45) is 0 Å². The second kappa shape index (κ2) is 5.84. The molecular weight excluding hydrogens is 306 g/mol. The van der Waals surface area contributed by atoms with E-state index in [-0.39, 0.29) is 6.79 Å². The van der Waals surface area contributed by atoms with E-state index in [9.17, 15) is 4.21 Å². The van der Waals surface area contributed by atoms with Gasteiger partial charge in [0.1, 0.15) is 0 Å². The lowest BCUT2D eigenvalue weighted by Crippen LogP contribution is -2.19. The predicted octanol–water partition coefficient (Wildman–Crippen LogP) is 1.65. The summed E-state index contributed by atoms with van der Waals surface area (Å²) in [4.78, 5) is 0. The molecule has 0 saturated heterocycles. The summed E-state index contributed by atoms with van der Waals surface area (Å²) in [6.45, 7) is 1.74. The van der Waals surface area contributed by atoms with E-state index in [0.29, 0.717) is 12.3 Å².